The van der Waals surface area contributed by atoms with Crippen LogP contribution in [0.3, 0.4) is 0 Å². The highest BCUT2D eigenvalue weighted by Crippen LogP contribution is 2.41. The molecule has 1 aromatic carbocycles. The van der Waals surface area contributed by atoms with Crippen LogP contribution >= 0.6 is 22.9 Å². The predicted octanol–water partition coefficient (Wildman–Crippen LogP) is 4.18. The van der Waals surface area contributed by atoms with Crippen molar-refractivity contribution in [2.45, 2.75) is 38.8 Å². The first-order valence-corrected chi connectivity index (χ1v) is 13.8. The largest absolute Gasteiger partial charge is 0.492 e. The Balaban J connectivity index is 1.31. The molecule has 6 rings (SSSR count). The van der Waals surface area contributed by atoms with Gasteiger partial charge in [-0.1, -0.05) is 11.6 Å². The number of hydrogen-bond acceptors (Lipinski definition) is 9. The quantitative estimate of drug-likeness (QED) is 0.339. The molecule has 9 nitrogen and oxygen atoms in total. The van der Waals surface area contributed by atoms with Gasteiger partial charge in [0.2, 0.25) is 5.88 Å². The molecule has 0 radical (unpaired) electrons. The number of benzene rings is 1. The number of rotatable bonds is 9. The van der Waals surface area contributed by atoms with Crippen LogP contribution in [0.1, 0.15) is 29.7 Å². The summed E-state index contributed by atoms with van der Waals surface area (Å²) in [5.41, 5.74) is 1.97. The van der Waals surface area contributed by atoms with Crippen LogP contribution in [0.2, 0.25) is 5.02 Å². The average Bonchev–Trinajstić information content (AvgIpc) is 3.29. The van der Waals surface area contributed by atoms with Gasteiger partial charge in [0.1, 0.15) is 30.1 Å². The second-order valence-corrected chi connectivity index (χ2v) is 11.6. The van der Waals surface area contributed by atoms with Crippen molar-refractivity contribution in [3.63, 3.8) is 0 Å². The minimum Gasteiger partial charge on any atom is -0.492 e. The molecule has 2 aliphatic rings. The Hall–Kier alpha value is -2.79. The molecule has 4 aromatic rings. The van der Waals surface area contributed by atoms with Gasteiger partial charge in [-0.25, -0.2) is 15.0 Å². The number of ether oxygens (including phenoxy) is 2. The molecule has 2 fully saturated rings. The van der Waals surface area contributed by atoms with E-state index in [1.165, 1.54) is 0 Å². The van der Waals surface area contributed by atoms with E-state index in [2.05, 4.69) is 36.7 Å². The Labute approximate surface area is 224 Å². The number of aryl methyl sites for hydroxylation is 1. The summed E-state index contributed by atoms with van der Waals surface area (Å²) in [7, 11) is 0. The third-order valence-corrected chi connectivity index (χ3v) is 8.06. The van der Waals surface area contributed by atoms with Gasteiger partial charge in [0.15, 0.2) is 11.2 Å². The van der Waals surface area contributed by atoms with Gasteiger partial charge in [0.25, 0.3) is 0 Å². The van der Waals surface area contributed by atoms with Gasteiger partial charge in [-0.3, -0.25) is 4.90 Å². The lowest BCUT2D eigenvalue weighted by molar-refractivity contribution is 0.191. The topological polar surface area (TPSA) is 90.2 Å². The zero-order chi connectivity index (χ0) is 25.4. The maximum absolute atomic E-state index is 6.83. The van der Waals surface area contributed by atoms with Crippen molar-refractivity contribution >= 4 is 34.1 Å². The van der Waals surface area contributed by atoms with E-state index < -0.39 is 0 Å². The van der Waals surface area contributed by atoms with E-state index in [0.29, 0.717) is 41.0 Å². The van der Waals surface area contributed by atoms with Gasteiger partial charge in [-0.05, 0) is 44.9 Å². The number of hydrogen-bond donors (Lipinski definition) is 1. The minimum atomic E-state index is -0.179. The van der Waals surface area contributed by atoms with Crippen molar-refractivity contribution in [3.05, 3.63) is 45.6 Å². The lowest BCUT2D eigenvalue weighted by atomic mass is 10.2. The zero-order valence-electron chi connectivity index (χ0n) is 21.0. The number of piperazine rings is 1. The van der Waals surface area contributed by atoms with Crippen LogP contribution in [0.5, 0.6) is 11.6 Å². The van der Waals surface area contributed by atoms with Crippen molar-refractivity contribution in [2.24, 2.45) is 0 Å². The van der Waals surface area contributed by atoms with E-state index in [4.69, 9.17) is 26.1 Å². The Morgan fingerprint density at radius 1 is 1.16 bits per heavy atom. The fourth-order valence-corrected chi connectivity index (χ4v) is 5.52. The first-order valence-electron chi connectivity index (χ1n) is 12.6. The van der Waals surface area contributed by atoms with E-state index in [1.807, 2.05) is 31.3 Å². The lowest BCUT2D eigenvalue weighted by Crippen LogP contribution is -2.44. The van der Waals surface area contributed by atoms with Crippen molar-refractivity contribution in [2.75, 3.05) is 39.3 Å². The molecule has 1 saturated heterocycles. The smallest absolute Gasteiger partial charge is 0.245 e. The van der Waals surface area contributed by atoms with Gasteiger partial charge in [-0.15, -0.1) is 11.3 Å². The van der Waals surface area contributed by atoms with E-state index in [9.17, 15) is 0 Å². The number of nitrogens with one attached hydrogen (secondary N) is 1. The van der Waals surface area contributed by atoms with E-state index in [0.717, 1.165) is 66.8 Å². The van der Waals surface area contributed by atoms with Gasteiger partial charge in [0, 0.05) is 49.4 Å². The van der Waals surface area contributed by atoms with Crippen LogP contribution < -0.4 is 14.8 Å². The Kier molecular flexibility index (Phi) is 6.74. The predicted molar refractivity (Wildman–Crippen MR) is 145 cm³/mol. The standard InChI is InChI=1S/C26H30ClN7O2S/c1-17-29-14-19(37-17)15-34-23(32-22-24(34)30-16-31-25(22)36-26(2)5-6-26)20-4-3-18(13-21(20)27)35-12-11-33-9-7-28-8-10-33/h3-4,13-14,16,28H,5-12,15H2,1-2H3. The van der Waals surface area contributed by atoms with Gasteiger partial charge in [0.05, 0.1) is 16.6 Å². The van der Waals surface area contributed by atoms with Gasteiger partial charge < -0.3 is 19.4 Å². The molecule has 37 heavy (non-hydrogen) atoms. The Bertz CT molecular complexity index is 1410. The second kappa shape index (κ2) is 10.2. The molecular weight excluding hydrogens is 510 g/mol. The molecule has 194 valence electrons. The SMILES string of the molecule is Cc1ncc(Cn2c(-c3ccc(OCCN4CCNCC4)cc3Cl)nc3c(OC4(C)CC4)ncnc32)s1. The molecule has 0 unspecified atom stereocenters. The van der Waals surface area contributed by atoms with Crippen molar-refractivity contribution in [1.29, 1.82) is 0 Å². The van der Waals surface area contributed by atoms with Crippen LogP contribution in [-0.4, -0.2) is 74.3 Å². The highest BCUT2D eigenvalue weighted by atomic mass is 35.5. The lowest BCUT2D eigenvalue weighted by Gasteiger charge is -2.26. The highest BCUT2D eigenvalue weighted by Gasteiger charge is 2.41. The summed E-state index contributed by atoms with van der Waals surface area (Å²) in [6.07, 6.45) is 5.46. The summed E-state index contributed by atoms with van der Waals surface area (Å²) in [5, 5.41) is 4.96. The maximum Gasteiger partial charge on any atom is 0.245 e. The molecule has 11 heteroatoms. The molecule has 1 saturated carbocycles. The molecule has 4 heterocycles. The van der Waals surface area contributed by atoms with E-state index in [-0.39, 0.29) is 5.60 Å². The molecular formula is C26H30ClN7O2S. The molecule has 1 aliphatic heterocycles. The van der Waals surface area contributed by atoms with Crippen molar-refractivity contribution in [1.82, 2.24) is 34.7 Å². The first kappa shape index (κ1) is 24.5. The van der Waals surface area contributed by atoms with E-state index >= 15 is 0 Å². The van der Waals surface area contributed by atoms with Crippen LogP contribution in [0.25, 0.3) is 22.6 Å². The number of thiazole rings is 1. The number of nitrogens with zero attached hydrogens (tertiary/aromatic N) is 6. The maximum atomic E-state index is 6.83. The summed E-state index contributed by atoms with van der Waals surface area (Å²) >= 11 is 8.48. The van der Waals surface area contributed by atoms with E-state index in [1.54, 1.807) is 17.7 Å². The Morgan fingerprint density at radius 2 is 2.00 bits per heavy atom. The van der Waals surface area contributed by atoms with Crippen LogP contribution in [0.4, 0.5) is 0 Å². The number of aromatic nitrogens is 5. The van der Waals surface area contributed by atoms with Gasteiger partial charge >= 0.3 is 0 Å². The van der Waals surface area contributed by atoms with Crippen molar-refractivity contribution in [3.8, 4) is 23.0 Å². The molecule has 0 bridgehead atoms. The molecule has 0 spiro atoms. The first-order chi connectivity index (χ1) is 18.0. The van der Waals surface area contributed by atoms with Crippen LogP contribution in [0, 0.1) is 6.92 Å². The fraction of sp³-hybridized carbons (Fsp3) is 0.462. The number of imidazole rings is 1. The molecule has 0 amide bonds. The van der Waals surface area contributed by atoms with Crippen molar-refractivity contribution < 1.29 is 9.47 Å². The normalized spacial score (nSPS) is 17.3. The average molecular weight is 540 g/mol. The zero-order valence-corrected chi connectivity index (χ0v) is 22.6. The minimum absolute atomic E-state index is 0.179. The van der Waals surface area contributed by atoms with Gasteiger partial charge in [-0.2, -0.15) is 4.98 Å². The molecule has 1 N–H and O–H groups in total. The summed E-state index contributed by atoms with van der Waals surface area (Å²) in [6, 6.07) is 5.78. The Morgan fingerprint density at radius 3 is 2.73 bits per heavy atom. The summed E-state index contributed by atoms with van der Waals surface area (Å²) < 4.78 is 14.3. The molecule has 3 aromatic heterocycles. The highest BCUT2D eigenvalue weighted by molar-refractivity contribution is 7.11. The molecule has 1 aliphatic carbocycles. The number of fused-ring (bicyclic) bond motifs is 1. The second-order valence-electron chi connectivity index (χ2n) is 9.85. The van der Waals surface area contributed by atoms with Crippen LogP contribution in [0.15, 0.2) is 30.7 Å². The van der Waals surface area contributed by atoms with Crippen LogP contribution in [-0.2, 0) is 6.54 Å². The third-order valence-electron chi connectivity index (χ3n) is 6.85. The third kappa shape index (κ3) is 5.43. The fourth-order valence-electron chi connectivity index (χ4n) is 4.49. The number of halogens is 1. The molecule has 0 atom stereocenters. The summed E-state index contributed by atoms with van der Waals surface area (Å²) in [5.74, 6) is 1.97. The monoisotopic (exact) mass is 539 g/mol. The summed E-state index contributed by atoms with van der Waals surface area (Å²) in [4.78, 5) is 21.9. The summed E-state index contributed by atoms with van der Waals surface area (Å²) in [6.45, 7) is 10.3.